The highest BCUT2D eigenvalue weighted by atomic mass is 35.5. The fraction of sp³-hybridized carbons (Fsp3) is 0.571. The zero-order chi connectivity index (χ0) is 15.0. The first kappa shape index (κ1) is 14.8. The zero-order valence-electron chi connectivity index (χ0n) is 11.9. The molecule has 0 radical (unpaired) electrons. The first-order chi connectivity index (χ1) is 10.0. The summed E-state index contributed by atoms with van der Waals surface area (Å²) in [6, 6.07) is 2.08. The molecule has 2 aromatic heterocycles. The lowest BCUT2D eigenvalue weighted by atomic mass is 10.1. The monoisotopic (exact) mass is 327 g/mol. The first-order valence-electron chi connectivity index (χ1n) is 7.10. The highest BCUT2D eigenvalue weighted by molar-refractivity contribution is 7.91. The van der Waals surface area contributed by atoms with Crippen LogP contribution in [0, 0.1) is 6.92 Å². The standard InChI is InChI=1S/C14H18ClN3O2S/c1-10-3-7-16-14-13(10)17-12(2-6-15)18(14)11-4-8-21(19,20)9-5-11/h3,7,11H,2,4-6,8-9H2,1H3. The molecule has 0 atom stereocenters. The molecule has 0 aliphatic carbocycles. The van der Waals surface area contributed by atoms with Crippen LogP contribution in [-0.2, 0) is 16.3 Å². The van der Waals surface area contributed by atoms with Gasteiger partial charge in [-0.2, -0.15) is 0 Å². The Kier molecular flexibility index (Phi) is 3.92. The van der Waals surface area contributed by atoms with Crippen molar-refractivity contribution in [2.75, 3.05) is 17.4 Å². The number of pyridine rings is 1. The van der Waals surface area contributed by atoms with Gasteiger partial charge in [0.25, 0.3) is 0 Å². The van der Waals surface area contributed by atoms with Crippen molar-refractivity contribution in [3.8, 4) is 0 Å². The van der Waals surface area contributed by atoms with Gasteiger partial charge in [-0.1, -0.05) is 0 Å². The Morgan fingerprint density at radius 2 is 2.10 bits per heavy atom. The molecule has 1 fully saturated rings. The van der Waals surface area contributed by atoms with E-state index in [9.17, 15) is 8.42 Å². The molecule has 1 aliphatic heterocycles. The molecule has 0 saturated carbocycles. The van der Waals surface area contributed by atoms with Gasteiger partial charge in [0.05, 0.1) is 11.5 Å². The molecule has 0 N–H and O–H groups in total. The predicted octanol–water partition coefficient (Wildman–Crippen LogP) is 2.27. The second-order valence-electron chi connectivity index (χ2n) is 5.52. The van der Waals surface area contributed by atoms with Crippen LogP contribution in [0.1, 0.15) is 30.3 Å². The van der Waals surface area contributed by atoms with Crippen LogP contribution in [0.5, 0.6) is 0 Å². The molecule has 0 aromatic carbocycles. The number of sulfone groups is 1. The van der Waals surface area contributed by atoms with Crippen molar-refractivity contribution in [2.45, 2.75) is 32.2 Å². The van der Waals surface area contributed by atoms with Crippen LogP contribution in [0.3, 0.4) is 0 Å². The van der Waals surface area contributed by atoms with E-state index in [2.05, 4.69) is 14.5 Å². The van der Waals surface area contributed by atoms with Gasteiger partial charge >= 0.3 is 0 Å². The summed E-state index contributed by atoms with van der Waals surface area (Å²) in [5.41, 5.74) is 2.82. The van der Waals surface area contributed by atoms with Crippen molar-refractivity contribution in [1.82, 2.24) is 14.5 Å². The fourth-order valence-corrected chi connectivity index (χ4v) is 4.57. The van der Waals surface area contributed by atoms with E-state index in [1.54, 1.807) is 6.20 Å². The molecule has 2 aromatic rings. The Labute approximate surface area is 129 Å². The van der Waals surface area contributed by atoms with Gasteiger partial charge in [-0.3, -0.25) is 0 Å². The van der Waals surface area contributed by atoms with Crippen LogP contribution in [0.2, 0.25) is 0 Å². The molecule has 114 valence electrons. The van der Waals surface area contributed by atoms with Gasteiger partial charge in [-0.05, 0) is 31.4 Å². The quantitative estimate of drug-likeness (QED) is 0.811. The number of aromatic nitrogens is 3. The summed E-state index contributed by atoms with van der Waals surface area (Å²) in [6.45, 7) is 2.01. The van der Waals surface area contributed by atoms with E-state index in [-0.39, 0.29) is 17.5 Å². The molecule has 1 aliphatic rings. The smallest absolute Gasteiger partial charge is 0.160 e. The Balaban J connectivity index is 2.08. The number of imidazole rings is 1. The highest BCUT2D eigenvalue weighted by Crippen LogP contribution is 2.30. The largest absolute Gasteiger partial charge is 0.309 e. The molecule has 21 heavy (non-hydrogen) atoms. The van der Waals surface area contributed by atoms with Gasteiger partial charge in [0.1, 0.15) is 21.2 Å². The SMILES string of the molecule is Cc1ccnc2c1nc(CCCl)n2C1CCS(=O)(=O)CC1. The number of fused-ring (bicyclic) bond motifs is 1. The van der Waals surface area contributed by atoms with Crippen LogP contribution in [0.15, 0.2) is 12.3 Å². The van der Waals surface area contributed by atoms with Crippen LogP contribution >= 0.6 is 11.6 Å². The second-order valence-corrected chi connectivity index (χ2v) is 8.20. The second kappa shape index (κ2) is 5.57. The summed E-state index contributed by atoms with van der Waals surface area (Å²) in [6.07, 6.45) is 3.69. The minimum absolute atomic E-state index is 0.144. The minimum Gasteiger partial charge on any atom is -0.309 e. The van der Waals surface area contributed by atoms with Gasteiger partial charge in [-0.15, -0.1) is 11.6 Å². The summed E-state index contributed by atoms with van der Waals surface area (Å²) in [7, 11) is -2.87. The van der Waals surface area contributed by atoms with E-state index in [0.29, 0.717) is 25.1 Å². The number of halogens is 1. The molecule has 0 spiro atoms. The Morgan fingerprint density at radius 3 is 2.76 bits per heavy atom. The molecule has 3 heterocycles. The lowest BCUT2D eigenvalue weighted by molar-refractivity contribution is 0.445. The third-order valence-electron chi connectivity index (χ3n) is 4.06. The highest BCUT2D eigenvalue weighted by Gasteiger charge is 2.28. The van der Waals surface area contributed by atoms with E-state index in [0.717, 1.165) is 22.6 Å². The van der Waals surface area contributed by atoms with Gasteiger partial charge in [0, 0.05) is 24.5 Å². The summed E-state index contributed by atoms with van der Waals surface area (Å²) < 4.78 is 25.4. The summed E-state index contributed by atoms with van der Waals surface area (Å²) >= 11 is 5.89. The van der Waals surface area contributed by atoms with E-state index in [1.807, 2.05) is 13.0 Å². The molecule has 0 bridgehead atoms. The topological polar surface area (TPSA) is 64.8 Å². The van der Waals surface area contributed by atoms with Gasteiger partial charge in [-0.25, -0.2) is 18.4 Å². The lowest BCUT2D eigenvalue weighted by Crippen LogP contribution is -2.26. The number of aryl methyl sites for hydroxylation is 2. The maximum absolute atomic E-state index is 11.6. The number of rotatable bonds is 3. The van der Waals surface area contributed by atoms with E-state index in [1.165, 1.54) is 0 Å². The van der Waals surface area contributed by atoms with E-state index >= 15 is 0 Å². The molecule has 5 nitrogen and oxygen atoms in total. The Morgan fingerprint density at radius 1 is 1.38 bits per heavy atom. The van der Waals surface area contributed by atoms with E-state index in [4.69, 9.17) is 11.6 Å². The average molecular weight is 328 g/mol. The van der Waals surface area contributed by atoms with Crippen molar-refractivity contribution >= 4 is 32.6 Å². The Bertz CT molecular complexity index is 756. The van der Waals surface area contributed by atoms with Crippen molar-refractivity contribution in [2.24, 2.45) is 0 Å². The average Bonchev–Trinajstić information content (AvgIpc) is 2.79. The predicted molar refractivity (Wildman–Crippen MR) is 83.6 cm³/mol. The van der Waals surface area contributed by atoms with Gasteiger partial charge in [0.15, 0.2) is 5.65 Å². The maximum atomic E-state index is 11.6. The van der Waals surface area contributed by atoms with Crippen molar-refractivity contribution in [3.05, 3.63) is 23.7 Å². The third-order valence-corrected chi connectivity index (χ3v) is 5.97. The zero-order valence-corrected chi connectivity index (χ0v) is 13.5. The van der Waals surface area contributed by atoms with Gasteiger partial charge < -0.3 is 4.57 Å². The minimum atomic E-state index is -2.87. The fourth-order valence-electron chi connectivity index (χ4n) is 2.94. The number of hydrogen-bond donors (Lipinski definition) is 0. The van der Waals surface area contributed by atoms with Crippen LogP contribution in [-0.4, -0.2) is 40.3 Å². The van der Waals surface area contributed by atoms with Crippen molar-refractivity contribution < 1.29 is 8.42 Å². The van der Waals surface area contributed by atoms with E-state index < -0.39 is 9.84 Å². The molecular formula is C14H18ClN3O2S. The normalized spacial score (nSPS) is 19.1. The van der Waals surface area contributed by atoms with Crippen LogP contribution < -0.4 is 0 Å². The molecule has 7 heteroatoms. The Hall–Kier alpha value is -1.14. The molecule has 0 amide bonds. The summed E-state index contributed by atoms with van der Waals surface area (Å²) in [4.78, 5) is 9.14. The molecule has 0 unspecified atom stereocenters. The van der Waals surface area contributed by atoms with Crippen LogP contribution in [0.4, 0.5) is 0 Å². The number of alkyl halides is 1. The number of hydrogen-bond acceptors (Lipinski definition) is 4. The number of nitrogens with zero attached hydrogens (tertiary/aromatic N) is 3. The third kappa shape index (κ3) is 2.79. The maximum Gasteiger partial charge on any atom is 0.160 e. The first-order valence-corrected chi connectivity index (χ1v) is 9.46. The van der Waals surface area contributed by atoms with Crippen LogP contribution in [0.25, 0.3) is 11.2 Å². The molecule has 1 saturated heterocycles. The summed E-state index contributed by atoms with van der Waals surface area (Å²) in [5, 5.41) is 0. The lowest BCUT2D eigenvalue weighted by Gasteiger charge is -2.25. The molecular weight excluding hydrogens is 310 g/mol. The van der Waals surface area contributed by atoms with Gasteiger partial charge in [0.2, 0.25) is 0 Å². The molecule has 3 rings (SSSR count). The van der Waals surface area contributed by atoms with Crippen molar-refractivity contribution in [1.29, 1.82) is 0 Å². The summed E-state index contributed by atoms with van der Waals surface area (Å²) in [5.74, 6) is 1.88. The van der Waals surface area contributed by atoms with Crippen molar-refractivity contribution in [3.63, 3.8) is 0 Å².